The Morgan fingerprint density at radius 2 is 1.76 bits per heavy atom. The molecular weight excluding hydrogens is 312 g/mol. The Bertz CT molecular complexity index is 664. The van der Waals surface area contributed by atoms with E-state index in [1.54, 1.807) is 7.11 Å². The average Bonchev–Trinajstić information content (AvgIpc) is 3.16. The molecule has 0 aromatic heterocycles. The van der Waals surface area contributed by atoms with Gasteiger partial charge in [-0.05, 0) is 49.2 Å². The number of nitrogens with one attached hydrogen (secondary N) is 1. The Labute approximate surface area is 149 Å². The monoisotopic (exact) mass is 338 g/mol. The highest BCUT2D eigenvalue weighted by atomic mass is 16.5. The Morgan fingerprint density at radius 1 is 1.08 bits per heavy atom. The third-order valence-corrected chi connectivity index (χ3v) is 4.67. The van der Waals surface area contributed by atoms with Crippen molar-refractivity contribution < 1.29 is 9.53 Å². The zero-order valence-corrected chi connectivity index (χ0v) is 14.8. The van der Waals surface area contributed by atoms with Crippen molar-refractivity contribution in [1.82, 2.24) is 10.2 Å². The molecule has 1 aliphatic heterocycles. The van der Waals surface area contributed by atoms with Gasteiger partial charge in [0.25, 0.3) is 5.91 Å². The van der Waals surface area contributed by atoms with E-state index in [0.717, 1.165) is 30.8 Å². The maximum absolute atomic E-state index is 12.7. The topological polar surface area (TPSA) is 41.6 Å². The number of hydrogen-bond donors (Lipinski definition) is 1. The number of ether oxygens (including phenoxy) is 1. The number of carbonyl (C=O) groups excluding carboxylic acids is 1. The van der Waals surface area contributed by atoms with E-state index in [1.807, 2.05) is 42.5 Å². The molecule has 1 fully saturated rings. The van der Waals surface area contributed by atoms with Gasteiger partial charge in [0.15, 0.2) is 0 Å². The van der Waals surface area contributed by atoms with E-state index in [1.165, 1.54) is 12.8 Å². The predicted molar refractivity (Wildman–Crippen MR) is 99.5 cm³/mol. The van der Waals surface area contributed by atoms with Crippen LogP contribution in [0.2, 0.25) is 0 Å². The zero-order valence-electron chi connectivity index (χ0n) is 14.8. The number of hydrogen-bond acceptors (Lipinski definition) is 3. The molecule has 0 aliphatic carbocycles. The van der Waals surface area contributed by atoms with Crippen molar-refractivity contribution in [2.45, 2.75) is 25.5 Å². The number of rotatable bonds is 7. The minimum atomic E-state index is -0.0305. The lowest BCUT2D eigenvalue weighted by molar-refractivity contribution is 0.0927. The predicted octanol–water partition coefficient (Wildman–Crippen LogP) is 3.40. The van der Waals surface area contributed by atoms with E-state index in [9.17, 15) is 4.79 Å². The van der Waals surface area contributed by atoms with Crippen molar-refractivity contribution in [3.8, 4) is 0 Å². The Kier molecular flexibility index (Phi) is 6.20. The molecule has 2 aromatic carbocycles. The van der Waals surface area contributed by atoms with Crippen molar-refractivity contribution in [3.63, 3.8) is 0 Å². The lowest BCUT2D eigenvalue weighted by Gasteiger charge is -2.25. The first-order chi connectivity index (χ1) is 12.3. The summed E-state index contributed by atoms with van der Waals surface area (Å²) in [5.41, 5.74) is 2.90. The first-order valence-electron chi connectivity index (χ1n) is 8.92. The van der Waals surface area contributed by atoms with Crippen LogP contribution in [0.5, 0.6) is 0 Å². The molecule has 1 amide bonds. The first kappa shape index (κ1) is 17.6. The summed E-state index contributed by atoms with van der Waals surface area (Å²) in [5.74, 6) is -0.0305. The molecule has 2 aromatic rings. The van der Waals surface area contributed by atoms with Gasteiger partial charge in [-0.1, -0.05) is 42.5 Å². The normalized spacial score (nSPS) is 15.9. The quantitative estimate of drug-likeness (QED) is 0.841. The molecule has 1 atom stereocenters. The fourth-order valence-corrected chi connectivity index (χ4v) is 3.30. The number of amides is 1. The van der Waals surface area contributed by atoms with Gasteiger partial charge in [-0.3, -0.25) is 4.79 Å². The third kappa shape index (κ3) is 4.91. The van der Waals surface area contributed by atoms with E-state index in [2.05, 4.69) is 22.3 Å². The Morgan fingerprint density at radius 3 is 2.40 bits per heavy atom. The SMILES string of the molecule is COCc1ccc(C(=O)NC(CN2CCCC2)c2ccccc2)cc1. The second-order valence-electron chi connectivity index (χ2n) is 6.57. The highest BCUT2D eigenvalue weighted by molar-refractivity contribution is 5.94. The van der Waals surface area contributed by atoms with Crippen molar-refractivity contribution in [2.75, 3.05) is 26.7 Å². The van der Waals surface area contributed by atoms with E-state index < -0.39 is 0 Å². The van der Waals surface area contributed by atoms with Crippen molar-refractivity contribution >= 4 is 5.91 Å². The molecule has 1 N–H and O–H groups in total. The van der Waals surface area contributed by atoms with Crippen LogP contribution in [0, 0.1) is 0 Å². The second-order valence-corrected chi connectivity index (χ2v) is 6.57. The standard InChI is InChI=1S/C21H26N2O2/c1-25-16-17-9-11-19(12-10-17)21(24)22-20(15-23-13-5-6-14-23)18-7-3-2-4-8-18/h2-4,7-12,20H,5-6,13-16H2,1H3,(H,22,24). The van der Waals surface area contributed by atoms with Gasteiger partial charge in [0.2, 0.25) is 0 Å². The highest BCUT2D eigenvalue weighted by Crippen LogP contribution is 2.18. The van der Waals surface area contributed by atoms with Gasteiger partial charge in [0.1, 0.15) is 0 Å². The van der Waals surface area contributed by atoms with Crippen molar-refractivity contribution in [1.29, 1.82) is 0 Å². The van der Waals surface area contributed by atoms with Gasteiger partial charge in [-0.15, -0.1) is 0 Å². The summed E-state index contributed by atoms with van der Waals surface area (Å²) in [7, 11) is 1.67. The smallest absolute Gasteiger partial charge is 0.251 e. The van der Waals surface area contributed by atoms with Gasteiger partial charge < -0.3 is 15.0 Å². The highest BCUT2D eigenvalue weighted by Gasteiger charge is 2.21. The number of methoxy groups -OCH3 is 1. The fourth-order valence-electron chi connectivity index (χ4n) is 3.30. The largest absolute Gasteiger partial charge is 0.380 e. The summed E-state index contributed by atoms with van der Waals surface area (Å²) in [6.07, 6.45) is 2.49. The van der Waals surface area contributed by atoms with Crippen LogP contribution in [0.1, 0.15) is 40.4 Å². The van der Waals surface area contributed by atoms with Crippen LogP contribution in [-0.4, -0.2) is 37.6 Å². The van der Waals surface area contributed by atoms with E-state index >= 15 is 0 Å². The molecular formula is C21H26N2O2. The maximum atomic E-state index is 12.7. The van der Waals surface area contributed by atoms with Gasteiger partial charge >= 0.3 is 0 Å². The summed E-state index contributed by atoms with van der Waals surface area (Å²) in [6, 6.07) is 17.8. The molecule has 1 heterocycles. The molecule has 1 unspecified atom stereocenters. The first-order valence-corrected chi connectivity index (χ1v) is 8.92. The number of carbonyl (C=O) groups is 1. The van der Waals surface area contributed by atoms with E-state index in [4.69, 9.17) is 4.74 Å². The molecule has 4 nitrogen and oxygen atoms in total. The summed E-state index contributed by atoms with van der Waals surface area (Å²) in [4.78, 5) is 15.1. The number of benzene rings is 2. The lowest BCUT2D eigenvalue weighted by Crippen LogP contribution is -2.37. The minimum Gasteiger partial charge on any atom is -0.380 e. The summed E-state index contributed by atoms with van der Waals surface area (Å²) >= 11 is 0. The fraction of sp³-hybridized carbons (Fsp3) is 0.381. The van der Waals surface area contributed by atoms with Crippen LogP contribution >= 0.6 is 0 Å². The lowest BCUT2D eigenvalue weighted by atomic mass is 10.1. The third-order valence-electron chi connectivity index (χ3n) is 4.67. The zero-order chi connectivity index (χ0) is 17.5. The summed E-state index contributed by atoms with van der Waals surface area (Å²) in [5, 5.41) is 3.22. The second kappa shape index (κ2) is 8.79. The van der Waals surface area contributed by atoms with E-state index in [-0.39, 0.29) is 11.9 Å². The van der Waals surface area contributed by atoms with Crippen LogP contribution in [-0.2, 0) is 11.3 Å². The molecule has 0 spiro atoms. The molecule has 1 saturated heterocycles. The number of nitrogens with zero attached hydrogens (tertiary/aromatic N) is 1. The van der Waals surface area contributed by atoms with Crippen LogP contribution < -0.4 is 5.32 Å². The maximum Gasteiger partial charge on any atom is 0.251 e. The van der Waals surface area contributed by atoms with Crippen LogP contribution in [0.4, 0.5) is 0 Å². The average molecular weight is 338 g/mol. The van der Waals surface area contributed by atoms with Crippen LogP contribution in [0.3, 0.4) is 0 Å². The molecule has 25 heavy (non-hydrogen) atoms. The van der Waals surface area contributed by atoms with Crippen molar-refractivity contribution in [3.05, 3.63) is 71.3 Å². The van der Waals surface area contributed by atoms with Gasteiger partial charge in [-0.2, -0.15) is 0 Å². The molecule has 0 bridgehead atoms. The minimum absolute atomic E-state index is 0.00505. The molecule has 1 aliphatic rings. The van der Waals surface area contributed by atoms with Crippen LogP contribution in [0.15, 0.2) is 54.6 Å². The van der Waals surface area contributed by atoms with Gasteiger partial charge in [-0.25, -0.2) is 0 Å². The molecule has 0 radical (unpaired) electrons. The molecule has 0 saturated carbocycles. The van der Waals surface area contributed by atoms with Crippen LogP contribution in [0.25, 0.3) is 0 Å². The van der Waals surface area contributed by atoms with Gasteiger partial charge in [0.05, 0.1) is 12.6 Å². The summed E-state index contributed by atoms with van der Waals surface area (Å²) < 4.78 is 5.12. The van der Waals surface area contributed by atoms with Gasteiger partial charge in [0, 0.05) is 19.2 Å². The molecule has 3 rings (SSSR count). The molecule has 4 heteroatoms. The van der Waals surface area contributed by atoms with E-state index in [0.29, 0.717) is 12.2 Å². The Hall–Kier alpha value is -2.17. The molecule has 132 valence electrons. The number of likely N-dealkylation sites (tertiary alicyclic amines) is 1. The summed E-state index contributed by atoms with van der Waals surface area (Å²) in [6.45, 7) is 3.65. The Balaban J connectivity index is 1.71. The van der Waals surface area contributed by atoms with Crippen molar-refractivity contribution in [2.24, 2.45) is 0 Å².